The van der Waals surface area contributed by atoms with Crippen molar-refractivity contribution in [2.45, 2.75) is 46.1 Å². The summed E-state index contributed by atoms with van der Waals surface area (Å²) in [7, 11) is 3.21. The van der Waals surface area contributed by atoms with Crippen molar-refractivity contribution in [2.24, 2.45) is 11.8 Å². The molecule has 1 N–H and O–H groups in total. The van der Waals surface area contributed by atoms with Crippen LogP contribution in [0.4, 0.5) is 0 Å². The number of likely N-dealkylation sites (tertiary alicyclic amines) is 1. The van der Waals surface area contributed by atoms with Gasteiger partial charge in [-0.3, -0.25) is 9.59 Å². The van der Waals surface area contributed by atoms with E-state index in [1.165, 1.54) is 0 Å². The van der Waals surface area contributed by atoms with Gasteiger partial charge in [-0.25, -0.2) is 0 Å². The summed E-state index contributed by atoms with van der Waals surface area (Å²) in [4.78, 5) is 26.4. The Hall–Kier alpha value is -2.24. The first kappa shape index (κ1) is 21.1. The number of nitrogens with zero attached hydrogens (tertiary/aromatic N) is 1. The van der Waals surface area contributed by atoms with Crippen molar-refractivity contribution >= 4 is 11.8 Å². The van der Waals surface area contributed by atoms with Gasteiger partial charge >= 0.3 is 0 Å². The van der Waals surface area contributed by atoms with Crippen LogP contribution in [0.2, 0.25) is 0 Å². The molecule has 2 amide bonds. The fourth-order valence-corrected chi connectivity index (χ4v) is 3.48. The first-order valence-corrected chi connectivity index (χ1v) is 9.71. The summed E-state index contributed by atoms with van der Waals surface area (Å²) in [6.07, 6.45) is 3.40. The van der Waals surface area contributed by atoms with E-state index in [1.54, 1.807) is 14.2 Å². The van der Waals surface area contributed by atoms with Crippen LogP contribution in [0, 0.1) is 11.8 Å². The van der Waals surface area contributed by atoms with Crippen molar-refractivity contribution in [1.29, 1.82) is 0 Å². The standard InChI is InChI=1S/C21H32N2O4/c1-15(2)21(25)23-11-5-6-16(14-23)7-10-20(24)22-13-17-8-9-18(26-3)12-19(17)27-4/h8-9,12,15-16H,5-7,10-11,13-14H2,1-4H3,(H,22,24). The Balaban J connectivity index is 1.79. The van der Waals surface area contributed by atoms with Crippen LogP contribution in [0.3, 0.4) is 0 Å². The lowest BCUT2D eigenvalue weighted by Gasteiger charge is -2.33. The number of benzene rings is 1. The molecular weight excluding hydrogens is 344 g/mol. The summed E-state index contributed by atoms with van der Waals surface area (Å²) in [6, 6.07) is 5.56. The number of carbonyl (C=O) groups is 2. The second-order valence-corrected chi connectivity index (χ2v) is 7.44. The van der Waals surface area contributed by atoms with Gasteiger partial charge in [-0.15, -0.1) is 0 Å². The Kier molecular flexibility index (Phi) is 7.95. The fraction of sp³-hybridized carbons (Fsp3) is 0.619. The van der Waals surface area contributed by atoms with Crippen molar-refractivity contribution in [3.05, 3.63) is 23.8 Å². The number of amides is 2. The minimum Gasteiger partial charge on any atom is -0.497 e. The highest BCUT2D eigenvalue weighted by molar-refractivity contribution is 5.78. The van der Waals surface area contributed by atoms with E-state index in [0.29, 0.717) is 24.6 Å². The molecule has 2 rings (SSSR count). The van der Waals surface area contributed by atoms with Crippen LogP contribution < -0.4 is 14.8 Å². The molecule has 1 aromatic rings. The van der Waals surface area contributed by atoms with E-state index in [4.69, 9.17) is 9.47 Å². The van der Waals surface area contributed by atoms with E-state index in [0.717, 1.165) is 43.7 Å². The highest BCUT2D eigenvalue weighted by Crippen LogP contribution is 2.25. The van der Waals surface area contributed by atoms with Gasteiger partial charge in [0.2, 0.25) is 11.8 Å². The first-order chi connectivity index (χ1) is 12.9. The van der Waals surface area contributed by atoms with Crippen LogP contribution in [0.25, 0.3) is 0 Å². The van der Waals surface area contributed by atoms with E-state index >= 15 is 0 Å². The monoisotopic (exact) mass is 376 g/mol. The Morgan fingerprint density at radius 3 is 2.70 bits per heavy atom. The minimum absolute atomic E-state index is 0.0279. The zero-order chi connectivity index (χ0) is 19.8. The molecule has 1 aliphatic heterocycles. The van der Waals surface area contributed by atoms with E-state index < -0.39 is 0 Å². The van der Waals surface area contributed by atoms with Gasteiger partial charge in [0.05, 0.1) is 14.2 Å². The molecule has 1 aromatic carbocycles. The van der Waals surface area contributed by atoms with Crippen molar-refractivity contribution in [3.8, 4) is 11.5 Å². The number of carbonyl (C=O) groups excluding carboxylic acids is 2. The third-order valence-electron chi connectivity index (χ3n) is 5.07. The van der Waals surface area contributed by atoms with Crippen LogP contribution >= 0.6 is 0 Å². The van der Waals surface area contributed by atoms with Gasteiger partial charge in [0.15, 0.2) is 0 Å². The smallest absolute Gasteiger partial charge is 0.225 e. The average molecular weight is 376 g/mol. The SMILES string of the molecule is COc1ccc(CNC(=O)CCC2CCCN(C(=O)C(C)C)C2)c(OC)c1. The van der Waals surface area contributed by atoms with Gasteiger partial charge in [-0.2, -0.15) is 0 Å². The van der Waals surface area contributed by atoms with Crippen LogP contribution in [-0.4, -0.2) is 44.0 Å². The van der Waals surface area contributed by atoms with Crippen molar-refractivity contribution in [3.63, 3.8) is 0 Å². The maximum absolute atomic E-state index is 12.2. The highest BCUT2D eigenvalue weighted by Gasteiger charge is 2.25. The van der Waals surface area contributed by atoms with Crippen LogP contribution in [0.5, 0.6) is 11.5 Å². The van der Waals surface area contributed by atoms with E-state index in [1.807, 2.05) is 36.9 Å². The summed E-state index contributed by atoms with van der Waals surface area (Å²) < 4.78 is 10.5. The van der Waals surface area contributed by atoms with Gasteiger partial charge in [0.1, 0.15) is 11.5 Å². The molecule has 0 aliphatic carbocycles. The third-order valence-corrected chi connectivity index (χ3v) is 5.07. The van der Waals surface area contributed by atoms with Gasteiger partial charge in [-0.05, 0) is 37.3 Å². The largest absolute Gasteiger partial charge is 0.497 e. The van der Waals surface area contributed by atoms with Crippen LogP contribution in [-0.2, 0) is 16.1 Å². The second kappa shape index (κ2) is 10.2. The summed E-state index contributed by atoms with van der Waals surface area (Å²) in [5, 5.41) is 2.96. The quantitative estimate of drug-likeness (QED) is 0.757. The maximum Gasteiger partial charge on any atom is 0.225 e. The molecule has 1 fully saturated rings. The zero-order valence-electron chi connectivity index (χ0n) is 16.9. The Bertz CT molecular complexity index is 645. The number of hydrogen-bond donors (Lipinski definition) is 1. The molecule has 6 heteroatoms. The Morgan fingerprint density at radius 2 is 2.04 bits per heavy atom. The molecule has 1 aliphatic rings. The Morgan fingerprint density at radius 1 is 1.26 bits per heavy atom. The van der Waals surface area contributed by atoms with Gasteiger partial charge < -0.3 is 19.7 Å². The maximum atomic E-state index is 12.2. The number of nitrogens with one attached hydrogen (secondary N) is 1. The van der Waals surface area contributed by atoms with Crippen molar-refractivity contribution < 1.29 is 19.1 Å². The first-order valence-electron chi connectivity index (χ1n) is 9.71. The molecule has 27 heavy (non-hydrogen) atoms. The number of methoxy groups -OCH3 is 2. The van der Waals surface area contributed by atoms with E-state index in [-0.39, 0.29) is 17.7 Å². The molecule has 0 spiro atoms. The zero-order valence-corrected chi connectivity index (χ0v) is 16.9. The molecule has 1 atom stereocenters. The van der Waals surface area contributed by atoms with Gasteiger partial charge in [-0.1, -0.05) is 13.8 Å². The molecule has 1 unspecified atom stereocenters. The molecular formula is C21H32N2O4. The molecule has 6 nitrogen and oxygen atoms in total. The van der Waals surface area contributed by atoms with Crippen LogP contribution in [0.1, 0.15) is 45.1 Å². The van der Waals surface area contributed by atoms with Gasteiger partial charge in [0.25, 0.3) is 0 Å². The second-order valence-electron chi connectivity index (χ2n) is 7.44. The lowest BCUT2D eigenvalue weighted by atomic mass is 9.92. The predicted octanol–water partition coefficient (Wildman–Crippen LogP) is 2.99. The predicted molar refractivity (Wildman–Crippen MR) is 105 cm³/mol. The third kappa shape index (κ3) is 6.15. The van der Waals surface area contributed by atoms with Crippen molar-refractivity contribution in [2.75, 3.05) is 27.3 Å². The number of rotatable bonds is 8. The van der Waals surface area contributed by atoms with E-state index in [2.05, 4.69) is 5.32 Å². The molecule has 1 heterocycles. The minimum atomic E-state index is 0.0279. The normalized spacial score (nSPS) is 16.9. The molecule has 0 bridgehead atoms. The fourth-order valence-electron chi connectivity index (χ4n) is 3.48. The summed E-state index contributed by atoms with van der Waals surface area (Å²) in [5.41, 5.74) is 0.915. The topological polar surface area (TPSA) is 67.9 Å². The van der Waals surface area contributed by atoms with Gasteiger partial charge in [0, 0.05) is 43.6 Å². The molecule has 150 valence electrons. The number of piperidine rings is 1. The summed E-state index contributed by atoms with van der Waals surface area (Å²) >= 11 is 0. The Labute approximate surface area is 162 Å². The highest BCUT2D eigenvalue weighted by atomic mass is 16.5. The summed E-state index contributed by atoms with van der Waals surface area (Å²) in [6.45, 7) is 5.92. The molecule has 0 aromatic heterocycles. The number of hydrogen-bond acceptors (Lipinski definition) is 4. The molecule has 1 saturated heterocycles. The molecule has 0 radical (unpaired) electrons. The lowest BCUT2D eigenvalue weighted by Crippen LogP contribution is -2.42. The lowest BCUT2D eigenvalue weighted by molar-refractivity contribution is -0.136. The summed E-state index contributed by atoms with van der Waals surface area (Å²) in [5.74, 6) is 2.11. The average Bonchev–Trinajstić information content (AvgIpc) is 2.70. The molecule has 0 saturated carbocycles. The number of ether oxygens (including phenoxy) is 2. The van der Waals surface area contributed by atoms with Crippen molar-refractivity contribution in [1.82, 2.24) is 10.2 Å². The van der Waals surface area contributed by atoms with E-state index in [9.17, 15) is 9.59 Å². The van der Waals surface area contributed by atoms with Crippen LogP contribution in [0.15, 0.2) is 18.2 Å².